The van der Waals surface area contributed by atoms with Crippen LogP contribution in [-0.2, 0) is 10.5 Å². The zero-order valence-electron chi connectivity index (χ0n) is 17.2. The maximum Gasteiger partial charge on any atom is 0.230 e. The molecule has 3 aromatic rings. The monoisotopic (exact) mass is 427 g/mol. The lowest BCUT2D eigenvalue weighted by molar-refractivity contribution is -0.118. The second-order valence-corrected chi connectivity index (χ2v) is 9.07. The number of benzene rings is 2. The van der Waals surface area contributed by atoms with Crippen molar-refractivity contribution in [2.45, 2.75) is 55.3 Å². The molecule has 0 atom stereocenters. The number of aromatic nitrogens is 2. The number of H-pyrrole nitrogens is 1. The van der Waals surface area contributed by atoms with E-state index in [9.17, 15) is 4.79 Å². The van der Waals surface area contributed by atoms with Gasteiger partial charge in [0.2, 0.25) is 5.91 Å². The van der Waals surface area contributed by atoms with Crippen molar-refractivity contribution in [3.63, 3.8) is 0 Å². The minimum absolute atomic E-state index is 0.118. The van der Waals surface area contributed by atoms with Crippen LogP contribution in [0.3, 0.4) is 0 Å². The highest BCUT2D eigenvalue weighted by Gasteiger charge is 2.09. The number of para-hydroxylation sites is 2. The molecule has 2 aromatic carbocycles. The van der Waals surface area contributed by atoms with Crippen LogP contribution >= 0.6 is 23.5 Å². The molecule has 0 spiro atoms. The lowest BCUT2D eigenvalue weighted by Crippen LogP contribution is -2.26. The molecule has 0 aliphatic rings. The third-order valence-corrected chi connectivity index (χ3v) is 6.92. The molecular formula is C23H29N3OS2. The van der Waals surface area contributed by atoms with E-state index in [4.69, 9.17) is 0 Å². The molecular weight excluding hydrogens is 398 g/mol. The number of unbranched alkanes of at least 4 members (excludes halogenated alkanes) is 3. The van der Waals surface area contributed by atoms with Crippen molar-refractivity contribution in [1.82, 2.24) is 15.3 Å². The molecule has 3 rings (SSSR count). The molecule has 0 fully saturated rings. The molecule has 0 unspecified atom stereocenters. The molecule has 29 heavy (non-hydrogen) atoms. The van der Waals surface area contributed by atoms with E-state index < -0.39 is 0 Å². The first-order valence-corrected chi connectivity index (χ1v) is 12.2. The van der Waals surface area contributed by atoms with Crippen molar-refractivity contribution < 1.29 is 4.79 Å². The number of hydrogen-bond acceptors (Lipinski definition) is 4. The fourth-order valence-corrected chi connectivity index (χ4v) is 4.95. The average molecular weight is 428 g/mol. The van der Waals surface area contributed by atoms with E-state index >= 15 is 0 Å². The molecule has 1 amide bonds. The number of rotatable bonds is 11. The summed E-state index contributed by atoms with van der Waals surface area (Å²) in [6.45, 7) is 5.12. The van der Waals surface area contributed by atoms with Crippen molar-refractivity contribution in [2.24, 2.45) is 0 Å². The molecule has 0 aliphatic carbocycles. The van der Waals surface area contributed by atoms with Crippen LogP contribution in [0.5, 0.6) is 0 Å². The number of aromatic amines is 1. The largest absolute Gasteiger partial charge is 0.355 e. The van der Waals surface area contributed by atoms with Gasteiger partial charge in [-0.25, -0.2) is 4.98 Å². The number of carbonyl (C=O) groups is 1. The van der Waals surface area contributed by atoms with Crippen molar-refractivity contribution >= 4 is 40.5 Å². The summed E-state index contributed by atoms with van der Waals surface area (Å²) in [6.07, 6.45) is 4.71. The fourth-order valence-electron chi connectivity index (χ4n) is 3.09. The quantitative estimate of drug-likeness (QED) is 0.293. The highest BCUT2D eigenvalue weighted by atomic mass is 32.2. The van der Waals surface area contributed by atoms with Gasteiger partial charge >= 0.3 is 0 Å². The average Bonchev–Trinajstić information content (AvgIpc) is 3.15. The number of nitrogens with one attached hydrogen (secondary N) is 2. The summed E-state index contributed by atoms with van der Waals surface area (Å²) in [6, 6.07) is 14.4. The summed E-state index contributed by atoms with van der Waals surface area (Å²) in [5.41, 5.74) is 4.59. The van der Waals surface area contributed by atoms with Crippen LogP contribution in [0.4, 0.5) is 0 Å². The molecule has 4 nitrogen and oxygen atoms in total. The van der Waals surface area contributed by atoms with Crippen LogP contribution in [0.15, 0.2) is 52.5 Å². The Labute approximate surface area is 181 Å². The predicted octanol–water partition coefficient (Wildman–Crippen LogP) is 5.95. The number of amides is 1. The molecule has 0 saturated heterocycles. The summed E-state index contributed by atoms with van der Waals surface area (Å²) < 4.78 is 0. The lowest BCUT2D eigenvalue weighted by atomic mass is 10.1. The molecule has 1 aromatic heterocycles. The molecule has 2 N–H and O–H groups in total. The third kappa shape index (κ3) is 6.54. The summed E-state index contributed by atoms with van der Waals surface area (Å²) >= 11 is 3.33. The minimum atomic E-state index is 0.118. The van der Waals surface area contributed by atoms with Gasteiger partial charge in [-0.1, -0.05) is 62.2 Å². The Hall–Kier alpha value is -1.92. The van der Waals surface area contributed by atoms with Crippen molar-refractivity contribution in [2.75, 3.05) is 12.3 Å². The summed E-state index contributed by atoms with van der Waals surface area (Å²) in [4.78, 5) is 21.3. The minimum Gasteiger partial charge on any atom is -0.355 e. The second-order valence-electron chi connectivity index (χ2n) is 7.09. The molecule has 0 saturated carbocycles. The number of fused-ring (bicyclic) bond motifs is 1. The van der Waals surface area contributed by atoms with Gasteiger partial charge in [0.15, 0.2) is 5.16 Å². The molecule has 0 radical (unpaired) electrons. The third-order valence-electron chi connectivity index (χ3n) is 4.84. The number of carbonyl (C=O) groups excluding carboxylic acids is 1. The Bertz CT molecular complexity index is 906. The zero-order valence-corrected chi connectivity index (χ0v) is 18.8. The van der Waals surface area contributed by atoms with Gasteiger partial charge in [0.25, 0.3) is 0 Å². The highest BCUT2D eigenvalue weighted by Crippen LogP contribution is 2.29. The van der Waals surface area contributed by atoms with Gasteiger partial charge in [-0.05, 0) is 42.7 Å². The van der Waals surface area contributed by atoms with Gasteiger partial charge in [-0.15, -0.1) is 11.8 Å². The van der Waals surface area contributed by atoms with E-state index in [-0.39, 0.29) is 5.91 Å². The van der Waals surface area contributed by atoms with Gasteiger partial charge in [0, 0.05) is 17.2 Å². The van der Waals surface area contributed by atoms with E-state index in [1.807, 2.05) is 24.3 Å². The first-order valence-electron chi connectivity index (χ1n) is 10.2. The van der Waals surface area contributed by atoms with Crippen molar-refractivity contribution in [1.29, 1.82) is 0 Å². The highest BCUT2D eigenvalue weighted by molar-refractivity contribution is 8.00. The second kappa shape index (κ2) is 11.3. The van der Waals surface area contributed by atoms with Crippen LogP contribution in [-0.4, -0.2) is 28.2 Å². The van der Waals surface area contributed by atoms with Crippen LogP contribution in [0.25, 0.3) is 11.0 Å². The number of hydrogen-bond donors (Lipinski definition) is 2. The normalized spacial score (nSPS) is 11.1. The number of thioether (sulfide) groups is 2. The van der Waals surface area contributed by atoms with E-state index in [0.717, 1.165) is 34.9 Å². The predicted molar refractivity (Wildman–Crippen MR) is 125 cm³/mol. The summed E-state index contributed by atoms with van der Waals surface area (Å²) in [5.74, 6) is 1.44. The van der Waals surface area contributed by atoms with Gasteiger partial charge in [-0.3, -0.25) is 4.79 Å². The zero-order chi connectivity index (χ0) is 20.5. The Morgan fingerprint density at radius 1 is 1.07 bits per heavy atom. The van der Waals surface area contributed by atoms with Gasteiger partial charge in [-0.2, -0.15) is 0 Å². The van der Waals surface area contributed by atoms with Gasteiger partial charge in [0.1, 0.15) is 0 Å². The summed E-state index contributed by atoms with van der Waals surface area (Å²) in [7, 11) is 0. The molecule has 1 heterocycles. The van der Waals surface area contributed by atoms with Crippen molar-refractivity contribution in [3.8, 4) is 0 Å². The van der Waals surface area contributed by atoms with Crippen LogP contribution in [0.2, 0.25) is 0 Å². The molecule has 6 heteroatoms. The van der Waals surface area contributed by atoms with Crippen LogP contribution in [0, 0.1) is 6.92 Å². The van der Waals surface area contributed by atoms with Gasteiger partial charge < -0.3 is 10.3 Å². The Morgan fingerprint density at radius 2 is 1.93 bits per heavy atom. The smallest absolute Gasteiger partial charge is 0.230 e. The van der Waals surface area contributed by atoms with E-state index in [1.165, 1.54) is 35.3 Å². The van der Waals surface area contributed by atoms with Crippen LogP contribution in [0.1, 0.15) is 43.7 Å². The first kappa shape index (κ1) is 21.8. The first-order chi connectivity index (χ1) is 14.2. The summed E-state index contributed by atoms with van der Waals surface area (Å²) in [5, 5.41) is 3.97. The number of imidazole rings is 1. The molecule has 154 valence electrons. The molecule has 0 aliphatic heterocycles. The van der Waals surface area contributed by atoms with Gasteiger partial charge in [0.05, 0.1) is 16.8 Å². The SMILES string of the molecule is CCCCCCNC(=O)CSc1cccc(CSc2nc3ccccc3[nH]2)c1C. The van der Waals surface area contributed by atoms with Crippen molar-refractivity contribution in [3.05, 3.63) is 53.6 Å². The Kier molecular flexibility index (Phi) is 8.50. The number of nitrogens with zero attached hydrogens (tertiary/aromatic N) is 1. The van der Waals surface area contributed by atoms with Crippen LogP contribution < -0.4 is 5.32 Å². The fraction of sp³-hybridized carbons (Fsp3) is 0.391. The molecule has 0 bridgehead atoms. The van der Waals surface area contributed by atoms with E-state index in [2.05, 4.69) is 47.3 Å². The Balaban J connectivity index is 1.50. The Morgan fingerprint density at radius 3 is 2.76 bits per heavy atom. The maximum absolute atomic E-state index is 12.1. The standard InChI is InChI=1S/C23H29N3OS2/c1-3-4-5-8-14-24-22(27)16-28-21-13-9-10-18(17(21)2)15-29-23-25-19-11-6-7-12-20(19)26-23/h6-7,9-13H,3-5,8,14-16H2,1-2H3,(H,24,27)(H,25,26). The van der Waals surface area contributed by atoms with E-state index in [0.29, 0.717) is 5.75 Å². The lowest BCUT2D eigenvalue weighted by Gasteiger charge is -2.11. The maximum atomic E-state index is 12.1. The topological polar surface area (TPSA) is 57.8 Å². The van der Waals surface area contributed by atoms with E-state index in [1.54, 1.807) is 23.5 Å².